The van der Waals surface area contributed by atoms with Crippen molar-refractivity contribution in [3.8, 4) is 5.75 Å². The second-order valence-corrected chi connectivity index (χ2v) is 11.4. The first-order valence-electron chi connectivity index (χ1n) is 12.3. The highest BCUT2D eigenvalue weighted by atomic mass is 32.2. The Morgan fingerprint density at radius 2 is 1.85 bits per heavy atom. The molecule has 0 unspecified atom stereocenters. The minimum Gasteiger partial charge on any atom is -0.486 e. The first kappa shape index (κ1) is 20.5. The van der Waals surface area contributed by atoms with Crippen molar-refractivity contribution in [1.82, 2.24) is 19.9 Å². The number of piperidine rings is 1. The zero-order valence-corrected chi connectivity index (χ0v) is 20.0. The van der Waals surface area contributed by atoms with Crippen LogP contribution < -0.4 is 15.0 Å². The number of rotatable bonds is 3. The van der Waals surface area contributed by atoms with Crippen LogP contribution in [-0.2, 0) is 12.8 Å². The van der Waals surface area contributed by atoms with Gasteiger partial charge in [0, 0.05) is 31.2 Å². The standard InChI is InChI=1S/C26H28N6OS/c1-3-18-13-25(14-19(18)27-9-1)7-11-32(12-8-25)21-15-30-22(16-29-21)34-20-4-10-28-24-23(20)33-17-26(31-24)5-2-6-26/h1,3-4,9-10,15-16H,2,5-8,11-14,17H2,(H,28,31). The predicted molar refractivity (Wildman–Crippen MR) is 132 cm³/mol. The number of hydrogen-bond donors (Lipinski definition) is 1. The average molecular weight is 473 g/mol. The number of aromatic nitrogens is 4. The van der Waals surface area contributed by atoms with E-state index in [0.717, 1.165) is 59.7 Å². The van der Waals surface area contributed by atoms with Gasteiger partial charge in [0.1, 0.15) is 17.5 Å². The van der Waals surface area contributed by atoms with Crippen LogP contribution >= 0.6 is 11.8 Å². The Kier molecular flexibility index (Phi) is 4.72. The van der Waals surface area contributed by atoms with Gasteiger partial charge in [-0.05, 0) is 68.1 Å². The predicted octanol–water partition coefficient (Wildman–Crippen LogP) is 4.53. The Morgan fingerprint density at radius 3 is 2.62 bits per heavy atom. The lowest BCUT2D eigenvalue weighted by Gasteiger charge is -2.45. The normalized spacial score (nSPS) is 21.4. The van der Waals surface area contributed by atoms with Gasteiger partial charge in [0.25, 0.3) is 0 Å². The fourth-order valence-corrected chi connectivity index (χ4v) is 6.74. The fraction of sp³-hybridized carbons (Fsp3) is 0.462. The summed E-state index contributed by atoms with van der Waals surface area (Å²) < 4.78 is 6.17. The monoisotopic (exact) mass is 472 g/mol. The van der Waals surface area contributed by atoms with Crippen molar-refractivity contribution >= 4 is 23.4 Å². The van der Waals surface area contributed by atoms with E-state index in [2.05, 4.69) is 32.3 Å². The van der Waals surface area contributed by atoms with Gasteiger partial charge in [-0.25, -0.2) is 15.0 Å². The fourth-order valence-electron chi connectivity index (χ4n) is 5.92. The van der Waals surface area contributed by atoms with Crippen LogP contribution in [0, 0.1) is 5.41 Å². The summed E-state index contributed by atoms with van der Waals surface area (Å²) >= 11 is 1.59. The first-order chi connectivity index (χ1) is 16.7. The molecule has 174 valence electrons. The molecular formula is C26H28N6OS. The number of anilines is 2. The van der Waals surface area contributed by atoms with Gasteiger partial charge in [-0.2, -0.15) is 0 Å². The molecule has 2 spiro atoms. The van der Waals surface area contributed by atoms with E-state index in [0.29, 0.717) is 12.0 Å². The van der Waals surface area contributed by atoms with E-state index < -0.39 is 0 Å². The maximum atomic E-state index is 6.17. The number of pyridine rings is 2. The lowest BCUT2D eigenvalue weighted by Crippen LogP contribution is -2.52. The first-order valence-corrected chi connectivity index (χ1v) is 13.1. The second kappa shape index (κ2) is 7.83. The Bertz CT molecular complexity index is 1190. The highest BCUT2D eigenvalue weighted by Crippen LogP contribution is 2.46. The summed E-state index contributed by atoms with van der Waals surface area (Å²) in [6, 6.07) is 6.31. The molecule has 0 bridgehead atoms. The van der Waals surface area contributed by atoms with Crippen LogP contribution in [0.25, 0.3) is 0 Å². The summed E-state index contributed by atoms with van der Waals surface area (Å²) in [5.41, 5.74) is 3.22. The summed E-state index contributed by atoms with van der Waals surface area (Å²) in [7, 11) is 0. The van der Waals surface area contributed by atoms with Crippen LogP contribution in [-0.4, -0.2) is 45.2 Å². The van der Waals surface area contributed by atoms with E-state index in [-0.39, 0.29) is 5.54 Å². The molecule has 5 heterocycles. The third-order valence-corrected chi connectivity index (χ3v) is 9.09. The molecule has 0 radical (unpaired) electrons. The summed E-state index contributed by atoms with van der Waals surface area (Å²) in [5.74, 6) is 2.66. The topological polar surface area (TPSA) is 76.1 Å². The van der Waals surface area contributed by atoms with Gasteiger partial charge in [-0.15, -0.1) is 0 Å². The molecule has 1 saturated carbocycles. The molecule has 4 aliphatic rings. The van der Waals surface area contributed by atoms with E-state index in [1.54, 1.807) is 11.8 Å². The van der Waals surface area contributed by atoms with E-state index in [4.69, 9.17) is 14.7 Å². The summed E-state index contributed by atoms with van der Waals surface area (Å²) in [4.78, 5) is 22.0. The van der Waals surface area contributed by atoms with Gasteiger partial charge in [-0.1, -0.05) is 17.8 Å². The molecule has 7 nitrogen and oxygen atoms in total. The number of hydrogen-bond acceptors (Lipinski definition) is 8. The van der Waals surface area contributed by atoms with Crippen LogP contribution in [0.3, 0.4) is 0 Å². The molecule has 0 atom stereocenters. The van der Waals surface area contributed by atoms with Crippen molar-refractivity contribution < 1.29 is 4.74 Å². The molecule has 2 aliphatic carbocycles. The smallest absolute Gasteiger partial charge is 0.175 e. The second-order valence-electron chi connectivity index (χ2n) is 10.3. The molecule has 0 amide bonds. The maximum Gasteiger partial charge on any atom is 0.175 e. The van der Waals surface area contributed by atoms with E-state index in [9.17, 15) is 0 Å². The molecule has 0 aromatic carbocycles. The van der Waals surface area contributed by atoms with E-state index in [1.807, 2.05) is 30.9 Å². The lowest BCUT2D eigenvalue weighted by atomic mass is 9.76. The minimum absolute atomic E-state index is 0.0928. The van der Waals surface area contributed by atoms with Gasteiger partial charge in [0.2, 0.25) is 0 Å². The molecule has 7 rings (SSSR count). The molecular weight excluding hydrogens is 444 g/mol. The van der Waals surface area contributed by atoms with Gasteiger partial charge in [-0.3, -0.25) is 4.98 Å². The molecule has 2 fully saturated rings. The van der Waals surface area contributed by atoms with Crippen molar-refractivity contribution in [1.29, 1.82) is 0 Å². The van der Waals surface area contributed by atoms with Crippen LogP contribution in [0.4, 0.5) is 11.6 Å². The number of nitrogens with zero attached hydrogens (tertiary/aromatic N) is 5. The largest absolute Gasteiger partial charge is 0.486 e. The van der Waals surface area contributed by atoms with Crippen LogP contribution in [0.5, 0.6) is 5.75 Å². The summed E-state index contributed by atoms with van der Waals surface area (Å²) in [6.07, 6.45) is 15.8. The SMILES string of the molecule is c1cnc2c(c1)CC1(CCN(c3cnc(Sc4ccnc5c4OCC4(CCC4)N5)cn3)CC1)C2. The van der Waals surface area contributed by atoms with Crippen molar-refractivity contribution in [3.05, 3.63) is 54.2 Å². The molecule has 3 aromatic heterocycles. The third kappa shape index (κ3) is 3.50. The zero-order valence-electron chi connectivity index (χ0n) is 19.2. The quantitative estimate of drug-likeness (QED) is 0.596. The Hall–Kier alpha value is -2.87. The van der Waals surface area contributed by atoms with E-state index in [1.165, 1.54) is 36.9 Å². The van der Waals surface area contributed by atoms with Crippen molar-refractivity contribution in [2.75, 3.05) is 29.9 Å². The molecule has 3 aromatic rings. The number of ether oxygens (including phenoxy) is 1. The van der Waals surface area contributed by atoms with Crippen LogP contribution in [0.2, 0.25) is 0 Å². The number of nitrogens with one attached hydrogen (secondary N) is 1. The molecule has 1 saturated heterocycles. The molecule has 1 N–H and O–H groups in total. The Morgan fingerprint density at radius 1 is 0.941 bits per heavy atom. The van der Waals surface area contributed by atoms with Gasteiger partial charge in [0.15, 0.2) is 11.6 Å². The van der Waals surface area contributed by atoms with Crippen LogP contribution in [0.1, 0.15) is 43.4 Å². The third-order valence-electron chi connectivity index (χ3n) is 8.12. The Balaban J connectivity index is 1.01. The van der Waals surface area contributed by atoms with Crippen molar-refractivity contribution in [2.24, 2.45) is 5.41 Å². The van der Waals surface area contributed by atoms with Crippen molar-refractivity contribution in [2.45, 2.75) is 60.4 Å². The molecule has 2 aliphatic heterocycles. The maximum absolute atomic E-state index is 6.17. The summed E-state index contributed by atoms with van der Waals surface area (Å²) in [5, 5.41) is 4.49. The summed E-state index contributed by atoms with van der Waals surface area (Å²) in [6.45, 7) is 2.75. The lowest BCUT2D eigenvalue weighted by molar-refractivity contribution is 0.144. The van der Waals surface area contributed by atoms with Crippen LogP contribution in [0.15, 0.2) is 52.9 Å². The van der Waals surface area contributed by atoms with E-state index >= 15 is 0 Å². The highest BCUT2D eigenvalue weighted by Gasteiger charge is 2.42. The van der Waals surface area contributed by atoms with Gasteiger partial charge in [0.05, 0.1) is 22.8 Å². The van der Waals surface area contributed by atoms with Gasteiger partial charge < -0.3 is 15.0 Å². The molecule has 8 heteroatoms. The van der Waals surface area contributed by atoms with Gasteiger partial charge >= 0.3 is 0 Å². The number of fused-ring (bicyclic) bond motifs is 2. The molecule has 34 heavy (non-hydrogen) atoms. The average Bonchev–Trinajstić information content (AvgIpc) is 3.21. The highest BCUT2D eigenvalue weighted by molar-refractivity contribution is 7.99. The van der Waals surface area contributed by atoms with Crippen molar-refractivity contribution in [3.63, 3.8) is 0 Å². The Labute approximate surface area is 203 Å². The minimum atomic E-state index is 0.0928. The zero-order chi connectivity index (χ0) is 22.6.